The lowest BCUT2D eigenvalue weighted by molar-refractivity contribution is 0.0597. The van der Waals surface area contributed by atoms with Crippen molar-refractivity contribution in [2.24, 2.45) is 4.99 Å². The van der Waals surface area contributed by atoms with Crippen LogP contribution < -0.4 is 24.8 Å². The highest BCUT2D eigenvalue weighted by Gasteiger charge is 2.13. The predicted octanol–water partition coefficient (Wildman–Crippen LogP) is 4.08. The number of nitrogens with zero attached hydrogens (tertiary/aromatic N) is 1. The van der Waals surface area contributed by atoms with Crippen LogP contribution in [0.4, 0.5) is 5.69 Å². The van der Waals surface area contributed by atoms with Gasteiger partial charge in [0.25, 0.3) is 0 Å². The largest absolute Gasteiger partial charge is 0.496 e. The van der Waals surface area contributed by atoms with Gasteiger partial charge in [0.2, 0.25) is 0 Å². The van der Waals surface area contributed by atoms with Gasteiger partial charge in [-0.2, -0.15) is 0 Å². The van der Waals surface area contributed by atoms with Gasteiger partial charge < -0.3 is 29.6 Å². The average molecular weight is 543 g/mol. The molecule has 0 unspecified atom stereocenters. The lowest BCUT2D eigenvalue weighted by Crippen LogP contribution is -2.30. The van der Waals surface area contributed by atoms with Crippen molar-refractivity contribution in [3.05, 3.63) is 47.5 Å². The van der Waals surface area contributed by atoms with Crippen molar-refractivity contribution >= 4 is 41.6 Å². The fourth-order valence-electron chi connectivity index (χ4n) is 2.75. The van der Waals surface area contributed by atoms with Gasteiger partial charge in [0.15, 0.2) is 17.5 Å². The number of anilines is 1. The van der Waals surface area contributed by atoms with Gasteiger partial charge in [-0.25, -0.2) is 9.79 Å². The van der Waals surface area contributed by atoms with Gasteiger partial charge in [0.1, 0.15) is 11.3 Å². The van der Waals surface area contributed by atoms with Gasteiger partial charge in [-0.15, -0.1) is 24.0 Å². The highest BCUT2D eigenvalue weighted by molar-refractivity contribution is 14.0. The van der Waals surface area contributed by atoms with Gasteiger partial charge in [0, 0.05) is 18.3 Å². The topological polar surface area (TPSA) is 90.4 Å². The number of hydrogen-bond donors (Lipinski definition) is 2. The Hall–Kier alpha value is -2.69. The third-order valence-corrected chi connectivity index (χ3v) is 4.16. The normalized spacial score (nSPS) is 10.5. The van der Waals surface area contributed by atoms with Gasteiger partial charge in [-0.05, 0) is 43.7 Å². The van der Waals surface area contributed by atoms with E-state index in [0.717, 1.165) is 11.3 Å². The Morgan fingerprint density at radius 1 is 0.968 bits per heavy atom. The lowest BCUT2D eigenvalue weighted by Gasteiger charge is -2.14. The zero-order valence-electron chi connectivity index (χ0n) is 18.5. The summed E-state index contributed by atoms with van der Waals surface area (Å²) < 4.78 is 21.0. The van der Waals surface area contributed by atoms with E-state index < -0.39 is 5.97 Å². The summed E-state index contributed by atoms with van der Waals surface area (Å²) in [4.78, 5) is 16.4. The number of hydrogen-bond acceptors (Lipinski definition) is 6. The SMILES string of the molecule is CCNC(=NCc1ccc(C(=O)OC)c(OC)c1)Nc1ccc(OC)c(OCC)c1.I. The van der Waals surface area contributed by atoms with Crippen molar-refractivity contribution in [1.29, 1.82) is 0 Å². The minimum Gasteiger partial charge on any atom is -0.496 e. The molecule has 0 saturated carbocycles. The van der Waals surface area contributed by atoms with Crippen LogP contribution in [0.15, 0.2) is 41.4 Å². The first-order chi connectivity index (χ1) is 14.6. The van der Waals surface area contributed by atoms with Gasteiger partial charge in [-0.1, -0.05) is 6.07 Å². The predicted molar refractivity (Wildman–Crippen MR) is 132 cm³/mol. The summed E-state index contributed by atoms with van der Waals surface area (Å²) in [6, 6.07) is 10.9. The number of halogens is 1. The number of nitrogens with one attached hydrogen (secondary N) is 2. The summed E-state index contributed by atoms with van der Waals surface area (Å²) in [6.45, 7) is 5.54. The third kappa shape index (κ3) is 7.50. The molecular formula is C22H30IN3O5. The molecule has 31 heavy (non-hydrogen) atoms. The molecular weight excluding hydrogens is 513 g/mol. The van der Waals surface area contributed by atoms with Crippen LogP contribution in [0, 0.1) is 0 Å². The quantitative estimate of drug-likeness (QED) is 0.213. The van der Waals surface area contributed by atoms with E-state index in [1.807, 2.05) is 38.1 Å². The van der Waals surface area contributed by atoms with Crippen molar-refractivity contribution in [1.82, 2.24) is 5.32 Å². The van der Waals surface area contributed by atoms with E-state index in [-0.39, 0.29) is 24.0 Å². The second-order valence-corrected chi connectivity index (χ2v) is 6.15. The summed E-state index contributed by atoms with van der Waals surface area (Å²) in [5.41, 5.74) is 2.08. The van der Waals surface area contributed by atoms with Crippen LogP contribution in [0.5, 0.6) is 17.2 Å². The highest BCUT2D eigenvalue weighted by atomic mass is 127. The van der Waals surface area contributed by atoms with Crippen LogP contribution >= 0.6 is 24.0 Å². The molecule has 0 aliphatic carbocycles. The van der Waals surface area contributed by atoms with Crippen LogP contribution in [0.2, 0.25) is 0 Å². The van der Waals surface area contributed by atoms with Crippen molar-refractivity contribution in [2.45, 2.75) is 20.4 Å². The Morgan fingerprint density at radius 2 is 1.71 bits per heavy atom. The molecule has 0 aliphatic heterocycles. The molecule has 0 aromatic heterocycles. The van der Waals surface area contributed by atoms with E-state index in [4.69, 9.17) is 18.9 Å². The molecule has 2 N–H and O–H groups in total. The average Bonchev–Trinajstić information content (AvgIpc) is 2.77. The molecule has 170 valence electrons. The maximum absolute atomic E-state index is 11.8. The monoisotopic (exact) mass is 543 g/mol. The first-order valence-corrected chi connectivity index (χ1v) is 9.67. The molecule has 0 saturated heterocycles. The summed E-state index contributed by atoms with van der Waals surface area (Å²) >= 11 is 0. The molecule has 0 fully saturated rings. The van der Waals surface area contributed by atoms with Crippen LogP contribution in [-0.4, -0.2) is 46.4 Å². The van der Waals surface area contributed by atoms with Crippen LogP contribution in [0.1, 0.15) is 29.8 Å². The number of guanidine groups is 1. The molecule has 2 rings (SSSR count). The van der Waals surface area contributed by atoms with Gasteiger partial charge in [-0.3, -0.25) is 0 Å². The van der Waals surface area contributed by atoms with Crippen molar-refractivity contribution in [2.75, 3.05) is 39.8 Å². The summed E-state index contributed by atoms with van der Waals surface area (Å²) in [5, 5.41) is 6.48. The highest BCUT2D eigenvalue weighted by Crippen LogP contribution is 2.30. The smallest absolute Gasteiger partial charge is 0.341 e. The number of esters is 1. The van der Waals surface area contributed by atoms with Crippen molar-refractivity contribution in [3.8, 4) is 17.2 Å². The van der Waals surface area contributed by atoms with E-state index in [9.17, 15) is 4.79 Å². The molecule has 2 aromatic carbocycles. The minimum atomic E-state index is -0.443. The molecule has 0 amide bonds. The van der Waals surface area contributed by atoms with E-state index in [0.29, 0.717) is 48.5 Å². The Morgan fingerprint density at radius 3 is 2.32 bits per heavy atom. The van der Waals surface area contributed by atoms with Crippen LogP contribution in [0.25, 0.3) is 0 Å². The molecule has 0 spiro atoms. The van der Waals surface area contributed by atoms with Gasteiger partial charge >= 0.3 is 5.97 Å². The molecule has 0 aliphatic rings. The number of ether oxygens (including phenoxy) is 4. The second-order valence-electron chi connectivity index (χ2n) is 6.15. The fourth-order valence-corrected chi connectivity index (χ4v) is 2.75. The molecule has 9 heteroatoms. The Labute approximate surface area is 200 Å². The van der Waals surface area contributed by atoms with E-state index >= 15 is 0 Å². The van der Waals surface area contributed by atoms with Gasteiger partial charge in [0.05, 0.1) is 34.5 Å². The maximum Gasteiger partial charge on any atom is 0.341 e. The van der Waals surface area contributed by atoms with Crippen LogP contribution in [0.3, 0.4) is 0 Å². The zero-order chi connectivity index (χ0) is 21.9. The number of methoxy groups -OCH3 is 3. The molecule has 0 atom stereocenters. The Kier molecular flexibility index (Phi) is 11.5. The van der Waals surface area contributed by atoms with E-state index in [1.165, 1.54) is 14.2 Å². The Bertz CT molecular complexity index is 889. The molecule has 0 radical (unpaired) electrons. The second kappa shape index (κ2) is 13.6. The maximum atomic E-state index is 11.8. The number of rotatable bonds is 9. The standard InChI is InChI=1S/C22H29N3O5.HI/c1-6-23-22(25-16-9-11-18(27-3)20(13-16)30-7-2)24-14-15-8-10-17(21(26)29-5)19(12-15)28-4;/h8-13H,6-7,14H2,1-5H3,(H2,23,24,25);1H. The van der Waals surface area contributed by atoms with E-state index in [2.05, 4.69) is 15.6 Å². The number of aliphatic imine (C=N–C) groups is 1. The molecule has 8 nitrogen and oxygen atoms in total. The summed E-state index contributed by atoms with van der Waals surface area (Å²) in [7, 11) is 4.46. The minimum absolute atomic E-state index is 0. The number of carbonyl (C=O) groups is 1. The van der Waals surface area contributed by atoms with E-state index in [1.54, 1.807) is 19.2 Å². The summed E-state index contributed by atoms with van der Waals surface area (Å²) in [6.07, 6.45) is 0. The first-order valence-electron chi connectivity index (χ1n) is 9.67. The number of benzene rings is 2. The fraction of sp³-hybridized carbons (Fsp3) is 0.364. The molecule has 0 heterocycles. The zero-order valence-corrected chi connectivity index (χ0v) is 20.8. The summed E-state index contributed by atoms with van der Waals surface area (Å²) in [5.74, 6) is 1.94. The lowest BCUT2D eigenvalue weighted by atomic mass is 10.1. The van der Waals surface area contributed by atoms with Crippen molar-refractivity contribution < 1.29 is 23.7 Å². The van der Waals surface area contributed by atoms with Crippen LogP contribution in [-0.2, 0) is 11.3 Å². The van der Waals surface area contributed by atoms with Crippen molar-refractivity contribution in [3.63, 3.8) is 0 Å². The molecule has 0 bridgehead atoms. The Balaban J connectivity index is 0.00000480. The first kappa shape index (κ1) is 26.3. The third-order valence-electron chi connectivity index (χ3n) is 4.16. The molecule has 2 aromatic rings. The number of carbonyl (C=O) groups excluding carboxylic acids is 1.